The van der Waals surface area contributed by atoms with Gasteiger partial charge in [-0.1, -0.05) is 12.2 Å². The Morgan fingerprint density at radius 1 is 1.09 bits per heavy atom. The zero-order valence-electron chi connectivity index (χ0n) is 12.8. The lowest BCUT2D eigenvalue weighted by Gasteiger charge is -2.17. The first kappa shape index (κ1) is 14.2. The average molecular weight is 311 g/mol. The number of nitrogens with zero attached hydrogens (tertiary/aromatic N) is 1. The fraction of sp³-hybridized carbons (Fsp3) is 0.389. The number of allylic oxidation sites excluding steroid dienone is 2. The van der Waals surface area contributed by atoms with Crippen LogP contribution in [0, 0.1) is 23.7 Å². The SMILES string of the molecule is CCOC(=O)c1ccc(N2C(=O)[C@@H]3[C@H](C2=O)[C@@H]2C=C[C@H]3C2)cc1. The van der Waals surface area contributed by atoms with Crippen molar-refractivity contribution in [2.24, 2.45) is 23.7 Å². The van der Waals surface area contributed by atoms with Crippen molar-refractivity contribution in [1.29, 1.82) is 0 Å². The van der Waals surface area contributed by atoms with Crippen molar-refractivity contribution >= 4 is 23.5 Å². The molecule has 0 aromatic heterocycles. The number of anilines is 1. The normalized spacial score (nSPS) is 30.9. The van der Waals surface area contributed by atoms with Crippen molar-refractivity contribution in [2.75, 3.05) is 11.5 Å². The Balaban J connectivity index is 1.61. The Morgan fingerprint density at radius 2 is 1.65 bits per heavy atom. The van der Waals surface area contributed by atoms with E-state index in [0.717, 1.165) is 6.42 Å². The maximum absolute atomic E-state index is 12.7. The van der Waals surface area contributed by atoms with Crippen LogP contribution in [0.15, 0.2) is 36.4 Å². The van der Waals surface area contributed by atoms with E-state index >= 15 is 0 Å². The van der Waals surface area contributed by atoms with Crippen molar-refractivity contribution in [3.8, 4) is 0 Å². The van der Waals surface area contributed by atoms with Crippen LogP contribution < -0.4 is 4.90 Å². The Kier molecular flexibility index (Phi) is 3.11. The monoisotopic (exact) mass is 311 g/mol. The first-order chi connectivity index (χ1) is 11.1. The minimum absolute atomic E-state index is 0.110. The molecule has 2 aliphatic carbocycles. The van der Waals surface area contributed by atoms with Gasteiger partial charge in [-0.05, 0) is 49.4 Å². The van der Waals surface area contributed by atoms with E-state index in [4.69, 9.17) is 4.74 Å². The number of ether oxygens (including phenoxy) is 1. The van der Waals surface area contributed by atoms with Crippen LogP contribution in [0.1, 0.15) is 23.7 Å². The van der Waals surface area contributed by atoms with E-state index in [-0.39, 0.29) is 35.5 Å². The van der Waals surface area contributed by atoms with Gasteiger partial charge in [0.25, 0.3) is 0 Å². The molecule has 0 spiro atoms. The molecule has 2 amide bonds. The summed E-state index contributed by atoms with van der Waals surface area (Å²) in [7, 11) is 0. The number of amides is 2. The molecule has 2 bridgehead atoms. The third-order valence-corrected chi connectivity index (χ3v) is 5.11. The van der Waals surface area contributed by atoms with Crippen molar-refractivity contribution in [2.45, 2.75) is 13.3 Å². The van der Waals surface area contributed by atoms with Crippen LogP contribution in [0.2, 0.25) is 0 Å². The van der Waals surface area contributed by atoms with Gasteiger partial charge in [0.05, 0.1) is 29.7 Å². The van der Waals surface area contributed by atoms with Gasteiger partial charge in [0, 0.05) is 0 Å². The summed E-state index contributed by atoms with van der Waals surface area (Å²) in [6.45, 7) is 2.05. The first-order valence-electron chi connectivity index (χ1n) is 7.95. The molecular weight excluding hydrogens is 294 g/mol. The second-order valence-electron chi connectivity index (χ2n) is 6.28. The zero-order valence-corrected chi connectivity index (χ0v) is 12.8. The topological polar surface area (TPSA) is 63.7 Å². The predicted molar refractivity (Wildman–Crippen MR) is 82.6 cm³/mol. The van der Waals surface area contributed by atoms with Crippen LogP contribution >= 0.6 is 0 Å². The lowest BCUT2D eigenvalue weighted by Crippen LogP contribution is -2.32. The van der Waals surface area contributed by atoms with Crippen molar-refractivity contribution < 1.29 is 19.1 Å². The van der Waals surface area contributed by atoms with Gasteiger partial charge in [-0.25, -0.2) is 4.79 Å². The average Bonchev–Trinajstić information content (AvgIpc) is 3.22. The van der Waals surface area contributed by atoms with Gasteiger partial charge < -0.3 is 4.74 Å². The maximum Gasteiger partial charge on any atom is 0.338 e. The smallest absolute Gasteiger partial charge is 0.338 e. The van der Waals surface area contributed by atoms with Crippen LogP contribution in [0.4, 0.5) is 5.69 Å². The molecule has 0 unspecified atom stereocenters. The number of carbonyl (C=O) groups is 3. The summed E-state index contributed by atoms with van der Waals surface area (Å²) in [5, 5.41) is 0. The van der Waals surface area contributed by atoms with E-state index in [0.29, 0.717) is 17.9 Å². The van der Waals surface area contributed by atoms with Crippen molar-refractivity contribution in [1.82, 2.24) is 0 Å². The number of carbonyl (C=O) groups excluding carboxylic acids is 3. The minimum atomic E-state index is -0.405. The number of benzene rings is 1. The Hall–Kier alpha value is -2.43. The van der Waals surface area contributed by atoms with E-state index in [1.807, 2.05) is 0 Å². The molecule has 3 aliphatic rings. The van der Waals surface area contributed by atoms with Crippen molar-refractivity contribution in [3.05, 3.63) is 42.0 Å². The fourth-order valence-corrected chi connectivity index (χ4v) is 4.12. The summed E-state index contributed by atoms with van der Waals surface area (Å²) < 4.78 is 4.94. The Labute approximate surface area is 133 Å². The second-order valence-corrected chi connectivity index (χ2v) is 6.28. The molecule has 2 fully saturated rings. The molecule has 1 heterocycles. The molecule has 1 saturated heterocycles. The van der Waals surface area contributed by atoms with Gasteiger partial charge >= 0.3 is 5.97 Å². The number of fused-ring (bicyclic) bond motifs is 5. The second kappa shape index (κ2) is 5.05. The highest BCUT2D eigenvalue weighted by Gasteiger charge is 2.59. The van der Waals surface area contributed by atoms with Crippen LogP contribution in [0.5, 0.6) is 0 Å². The molecule has 0 N–H and O–H groups in total. The van der Waals surface area contributed by atoms with Gasteiger partial charge in [-0.15, -0.1) is 0 Å². The number of hydrogen-bond donors (Lipinski definition) is 0. The summed E-state index contributed by atoms with van der Waals surface area (Å²) in [4.78, 5) is 38.3. The van der Waals surface area contributed by atoms with Crippen LogP contribution in [-0.2, 0) is 14.3 Å². The number of imide groups is 1. The molecule has 4 atom stereocenters. The highest BCUT2D eigenvalue weighted by Crippen LogP contribution is 2.53. The highest BCUT2D eigenvalue weighted by molar-refractivity contribution is 6.22. The van der Waals surface area contributed by atoms with E-state index in [9.17, 15) is 14.4 Å². The third-order valence-electron chi connectivity index (χ3n) is 5.11. The van der Waals surface area contributed by atoms with E-state index < -0.39 is 5.97 Å². The summed E-state index contributed by atoms with van der Waals surface area (Å²) in [5.41, 5.74) is 0.943. The third kappa shape index (κ3) is 1.96. The minimum Gasteiger partial charge on any atom is -0.462 e. The van der Waals surface area contributed by atoms with E-state index in [1.165, 1.54) is 4.90 Å². The first-order valence-corrected chi connectivity index (χ1v) is 7.95. The molecule has 1 aromatic rings. The molecular formula is C18H17NO4. The zero-order chi connectivity index (χ0) is 16.1. The molecule has 1 aromatic carbocycles. The van der Waals surface area contributed by atoms with Crippen LogP contribution in [0.3, 0.4) is 0 Å². The van der Waals surface area contributed by atoms with Gasteiger partial charge in [0.2, 0.25) is 11.8 Å². The van der Waals surface area contributed by atoms with Gasteiger partial charge in [-0.3, -0.25) is 14.5 Å². The molecule has 1 saturated carbocycles. The predicted octanol–water partition coefficient (Wildman–Crippen LogP) is 2.17. The van der Waals surface area contributed by atoms with E-state index in [2.05, 4.69) is 12.2 Å². The van der Waals surface area contributed by atoms with Gasteiger partial charge in [0.1, 0.15) is 0 Å². The van der Waals surface area contributed by atoms with Crippen LogP contribution in [0.25, 0.3) is 0 Å². The van der Waals surface area contributed by atoms with Crippen LogP contribution in [-0.4, -0.2) is 24.4 Å². The summed E-state index contributed by atoms with van der Waals surface area (Å²) in [6.07, 6.45) is 5.07. The molecule has 23 heavy (non-hydrogen) atoms. The van der Waals surface area contributed by atoms with Gasteiger partial charge in [0.15, 0.2) is 0 Å². The fourth-order valence-electron chi connectivity index (χ4n) is 4.12. The number of hydrogen-bond acceptors (Lipinski definition) is 4. The lowest BCUT2D eigenvalue weighted by molar-refractivity contribution is -0.123. The standard InChI is InChI=1S/C18H17NO4/c1-2-23-18(22)10-5-7-13(8-6-10)19-16(20)14-11-3-4-12(9-11)15(14)17(19)21/h3-8,11-12,14-15H,2,9H2,1H3/t11-,12+,14-,15+. The van der Waals surface area contributed by atoms with Gasteiger partial charge in [-0.2, -0.15) is 0 Å². The summed E-state index contributed by atoms with van der Waals surface area (Å²) in [6, 6.07) is 6.46. The summed E-state index contributed by atoms with van der Waals surface area (Å²) in [5.74, 6) is -0.640. The molecule has 5 heteroatoms. The maximum atomic E-state index is 12.7. The molecule has 1 aliphatic heterocycles. The van der Waals surface area contributed by atoms with Crippen molar-refractivity contribution in [3.63, 3.8) is 0 Å². The molecule has 4 rings (SSSR count). The van der Waals surface area contributed by atoms with E-state index in [1.54, 1.807) is 31.2 Å². The molecule has 118 valence electrons. The summed E-state index contributed by atoms with van der Waals surface area (Å²) >= 11 is 0. The Bertz CT molecular complexity index is 691. The molecule has 5 nitrogen and oxygen atoms in total. The largest absolute Gasteiger partial charge is 0.462 e. The number of esters is 1. The molecule has 0 radical (unpaired) electrons. The highest BCUT2D eigenvalue weighted by atomic mass is 16.5. The quantitative estimate of drug-likeness (QED) is 0.487. The lowest BCUT2D eigenvalue weighted by atomic mass is 9.85. The Morgan fingerprint density at radius 3 is 2.17 bits per heavy atom. The number of rotatable bonds is 3.